The first kappa shape index (κ1) is 23.1. The molecule has 0 fully saturated rings. The van der Waals surface area contributed by atoms with Crippen LogP contribution >= 0.6 is 0 Å². The lowest BCUT2D eigenvalue weighted by Gasteiger charge is -2.11. The Morgan fingerprint density at radius 2 is 1.80 bits per heavy atom. The van der Waals surface area contributed by atoms with E-state index in [-0.39, 0.29) is 29.1 Å². The Labute approximate surface area is 195 Å². The van der Waals surface area contributed by atoms with Gasteiger partial charge >= 0.3 is 5.91 Å². The maximum Gasteiger partial charge on any atom is 0.335 e. The van der Waals surface area contributed by atoms with Crippen molar-refractivity contribution in [2.24, 2.45) is 10.9 Å². The quantitative estimate of drug-likeness (QED) is 0.235. The minimum absolute atomic E-state index is 0.0792. The van der Waals surface area contributed by atoms with Crippen molar-refractivity contribution in [3.05, 3.63) is 95.5 Å². The van der Waals surface area contributed by atoms with E-state index in [0.717, 1.165) is 22.3 Å². The Kier molecular flexibility index (Phi) is 5.97. The molecule has 0 bridgehead atoms. The minimum Gasteiger partial charge on any atom is -0.377 e. The van der Waals surface area contributed by atoms with Crippen molar-refractivity contribution >= 4 is 29.1 Å². The number of hydrogen-bond acceptors (Lipinski definition) is 9. The van der Waals surface area contributed by atoms with Gasteiger partial charge in [0.25, 0.3) is 11.8 Å². The minimum atomic E-state index is -1.21. The summed E-state index contributed by atoms with van der Waals surface area (Å²) in [5, 5.41) is 11.7. The highest BCUT2D eigenvalue weighted by Crippen LogP contribution is 2.14. The monoisotopic (exact) mass is 475 g/mol. The standard InChI is InChI=1S/C22H17N7O6/c1-10-16(18(31)17(10)30)24-7-11-3-2-4-12(5-11)8-25-21(33)14-6-15(22(34)28-35)29-20(27-14)13(9-26-29)19(23)32/h2-6,9,24H,7-8H2,1H3,(H2,23,32)(H,25,33). The molecule has 0 atom stereocenters. The van der Waals surface area contributed by atoms with Crippen LogP contribution in [0.4, 0.5) is 5.69 Å². The molecule has 4 rings (SSSR count). The molecule has 0 aliphatic rings. The van der Waals surface area contributed by atoms with E-state index in [1.165, 1.54) is 0 Å². The largest absolute Gasteiger partial charge is 0.377 e. The second kappa shape index (κ2) is 9.05. The Morgan fingerprint density at radius 3 is 2.46 bits per heavy atom. The summed E-state index contributed by atoms with van der Waals surface area (Å²) in [6.45, 7) is 1.95. The van der Waals surface area contributed by atoms with Gasteiger partial charge in [-0.05, 0) is 18.1 Å². The summed E-state index contributed by atoms with van der Waals surface area (Å²) < 4.78 is 0.911. The van der Waals surface area contributed by atoms with Crippen LogP contribution in [0.2, 0.25) is 0 Å². The highest BCUT2D eigenvalue weighted by molar-refractivity contribution is 6.02. The first-order chi connectivity index (χ1) is 16.7. The van der Waals surface area contributed by atoms with E-state index in [9.17, 15) is 28.9 Å². The number of aromatic nitrogens is 3. The van der Waals surface area contributed by atoms with Crippen LogP contribution in [-0.2, 0) is 13.1 Å². The summed E-state index contributed by atoms with van der Waals surface area (Å²) in [6.07, 6.45) is 1.07. The van der Waals surface area contributed by atoms with Gasteiger partial charge < -0.3 is 16.4 Å². The van der Waals surface area contributed by atoms with Gasteiger partial charge in [0.2, 0.25) is 10.9 Å². The van der Waals surface area contributed by atoms with Gasteiger partial charge in [-0.2, -0.15) is 5.10 Å². The maximum absolute atomic E-state index is 12.7. The van der Waals surface area contributed by atoms with Crippen LogP contribution in [0.5, 0.6) is 0 Å². The number of hydrogen-bond donors (Lipinski definition) is 3. The molecule has 35 heavy (non-hydrogen) atoms. The number of carbonyl (C=O) groups excluding carboxylic acids is 3. The fraction of sp³-hybridized carbons (Fsp3) is 0.136. The maximum atomic E-state index is 12.7. The van der Waals surface area contributed by atoms with Crippen LogP contribution < -0.4 is 27.2 Å². The first-order valence-electron chi connectivity index (χ1n) is 10.2. The number of nitrogens with zero attached hydrogens (tertiary/aromatic N) is 4. The molecule has 0 saturated carbocycles. The van der Waals surface area contributed by atoms with E-state index in [2.05, 4.69) is 25.9 Å². The van der Waals surface area contributed by atoms with Gasteiger partial charge in [0, 0.05) is 29.9 Å². The molecule has 4 N–H and O–H groups in total. The molecule has 2 aromatic heterocycles. The molecule has 4 aromatic rings. The highest BCUT2D eigenvalue weighted by atomic mass is 16.3. The predicted molar refractivity (Wildman–Crippen MR) is 123 cm³/mol. The molecule has 13 heteroatoms. The molecule has 0 unspecified atom stereocenters. The summed E-state index contributed by atoms with van der Waals surface area (Å²) in [6, 6.07) is 8.16. The van der Waals surface area contributed by atoms with Gasteiger partial charge in [0.15, 0.2) is 5.65 Å². The molecule has 0 spiro atoms. The van der Waals surface area contributed by atoms with Crippen molar-refractivity contribution in [1.29, 1.82) is 0 Å². The van der Waals surface area contributed by atoms with Crippen molar-refractivity contribution in [1.82, 2.24) is 19.9 Å². The van der Waals surface area contributed by atoms with Gasteiger partial charge in [-0.1, -0.05) is 24.3 Å². The van der Waals surface area contributed by atoms with Gasteiger partial charge in [-0.15, -0.1) is 4.91 Å². The number of nitrogens with one attached hydrogen (secondary N) is 2. The average molecular weight is 475 g/mol. The lowest BCUT2D eigenvalue weighted by molar-refractivity contribution is 0.0944. The van der Waals surface area contributed by atoms with Crippen molar-refractivity contribution in [2.45, 2.75) is 20.0 Å². The zero-order valence-corrected chi connectivity index (χ0v) is 18.2. The number of amides is 3. The molecule has 3 amide bonds. The lowest BCUT2D eigenvalue weighted by Crippen LogP contribution is -2.36. The Hall–Kier alpha value is -5.07. The third kappa shape index (κ3) is 4.29. The molecule has 2 heterocycles. The number of nitrogens with two attached hydrogens (primary N) is 1. The lowest BCUT2D eigenvalue weighted by atomic mass is 10.1. The summed E-state index contributed by atoms with van der Waals surface area (Å²) in [4.78, 5) is 74.1. The average Bonchev–Trinajstić information content (AvgIpc) is 3.30. The van der Waals surface area contributed by atoms with E-state index < -0.39 is 28.6 Å². The summed E-state index contributed by atoms with van der Waals surface area (Å²) in [5.41, 5.74) is 5.54. The number of fused-ring (bicyclic) bond motifs is 1. The summed E-state index contributed by atoms with van der Waals surface area (Å²) in [7, 11) is 0. The molecule has 176 valence electrons. The van der Waals surface area contributed by atoms with Crippen molar-refractivity contribution in [3.63, 3.8) is 0 Å². The van der Waals surface area contributed by atoms with Gasteiger partial charge in [-0.3, -0.25) is 24.0 Å². The predicted octanol–water partition coefficient (Wildman–Crippen LogP) is 0.181. The number of nitroso groups, excluding NO2 is 1. The third-order valence-electron chi connectivity index (χ3n) is 5.33. The van der Waals surface area contributed by atoms with E-state index >= 15 is 0 Å². The number of anilines is 1. The third-order valence-corrected chi connectivity index (χ3v) is 5.33. The smallest absolute Gasteiger partial charge is 0.335 e. The van der Waals surface area contributed by atoms with Gasteiger partial charge in [0.05, 0.1) is 11.9 Å². The van der Waals surface area contributed by atoms with Crippen LogP contribution in [0.3, 0.4) is 0 Å². The van der Waals surface area contributed by atoms with Crippen LogP contribution in [0, 0.1) is 11.8 Å². The highest BCUT2D eigenvalue weighted by Gasteiger charge is 2.22. The SMILES string of the molecule is Cc1c(NCc2cccc(CNC(=O)c3cc(C(=O)N=O)n4ncc(C(N)=O)c4n3)c2)c(=O)c1=O. The molecular formula is C22H17N7O6. The zero-order chi connectivity index (χ0) is 25.3. The number of carbonyl (C=O) groups is 3. The molecule has 0 radical (unpaired) electrons. The van der Waals surface area contributed by atoms with E-state index in [4.69, 9.17) is 5.73 Å². The molecule has 0 aliphatic heterocycles. The fourth-order valence-corrected chi connectivity index (χ4v) is 3.48. The topological polar surface area (TPSA) is 195 Å². The Bertz CT molecular complexity index is 1600. The van der Waals surface area contributed by atoms with Crippen molar-refractivity contribution in [2.75, 3.05) is 5.32 Å². The van der Waals surface area contributed by atoms with E-state index in [0.29, 0.717) is 23.4 Å². The number of rotatable bonds is 8. The summed E-state index contributed by atoms with van der Waals surface area (Å²) >= 11 is 0. The molecule has 0 aliphatic carbocycles. The van der Waals surface area contributed by atoms with Gasteiger partial charge in [-0.25, -0.2) is 9.50 Å². The molecule has 0 saturated heterocycles. The van der Waals surface area contributed by atoms with Crippen LogP contribution in [0.1, 0.15) is 48.0 Å². The molecule has 13 nitrogen and oxygen atoms in total. The van der Waals surface area contributed by atoms with Crippen molar-refractivity contribution in [3.8, 4) is 0 Å². The fourth-order valence-electron chi connectivity index (χ4n) is 3.48. The Morgan fingerprint density at radius 1 is 1.09 bits per heavy atom. The number of benzene rings is 1. The first-order valence-corrected chi connectivity index (χ1v) is 10.2. The normalized spacial score (nSPS) is 10.9. The Balaban J connectivity index is 1.51. The number of primary amides is 1. The molecule has 2 aromatic carbocycles. The van der Waals surface area contributed by atoms with Crippen LogP contribution in [0.15, 0.2) is 51.3 Å². The zero-order valence-electron chi connectivity index (χ0n) is 18.2. The van der Waals surface area contributed by atoms with Crippen molar-refractivity contribution < 1.29 is 14.4 Å². The van der Waals surface area contributed by atoms with E-state index in [1.54, 1.807) is 25.1 Å². The molecular weight excluding hydrogens is 458 g/mol. The summed E-state index contributed by atoms with van der Waals surface area (Å²) in [5.74, 6) is -2.78. The van der Waals surface area contributed by atoms with Crippen LogP contribution in [0.25, 0.3) is 5.65 Å². The van der Waals surface area contributed by atoms with Crippen LogP contribution in [-0.4, -0.2) is 32.3 Å². The second-order valence-electron chi connectivity index (χ2n) is 7.60. The van der Waals surface area contributed by atoms with Gasteiger partial charge in [0.1, 0.15) is 17.0 Å². The van der Waals surface area contributed by atoms with E-state index in [1.807, 2.05) is 6.07 Å². The second-order valence-corrected chi connectivity index (χ2v) is 7.60.